The second kappa shape index (κ2) is 10.3. The number of pyridine rings is 1. The maximum absolute atomic E-state index is 14.0. The summed E-state index contributed by atoms with van der Waals surface area (Å²) < 4.78 is 19.2. The summed E-state index contributed by atoms with van der Waals surface area (Å²) in [6.45, 7) is 4.84. The second-order valence-electron chi connectivity index (χ2n) is 6.85. The van der Waals surface area contributed by atoms with Crippen LogP contribution in [0.1, 0.15) is 18.9 Å². The number of benzene rings is 1. The Bertz CT molecular complexity index is 848. The fourth-order valence-corrected chi connectivity index (χ4v) is 3.60. The van der Waals surface area contributed by atoms with Crippen LogP contribution in [-0.2, 0) is 6.42 Å². The number of hydrogen-bond donors (Lipinski definition) is 2. The van der Waals surface area contributed by atoms with Crippen molar-refractivity contribution in [3.8, 4) is 5.75 Å². The molecule has 2 heterocycles. The average molecular weight is 420 g/mol. The smallest absolute Gasteiger partial charge is 0.191 e. The summed E-state index contributed by atoms with van der Waals surface area (Å²) >= 11 is 6.31. The molecule has 1 aliphatic heterocycles. The van der Waals surface area contributed by atoms with E-state index in [1.54, 1.807) is 19.4 Å². The molecule has 156 valence electrons. The molecule has 8 heteroatoms. The maximum Gasteiger partial charge on any atom is 0.191 e. The number of anilines is 1. The van der Waals surface area contributed by atoms with Crippen molar-refractivity contribution in [2.45, 2.75) is 25.8 Å². The van der Waals surface area contributed by atoms with E-state index < -0.39 is 0 Å². The van der Waals surface area contributed by atoms with Gasteiger partial charge in [0.25, 0.3) is 0 Å². The molecule has 29 heavy (non-hydrogen) atoms. The van der Waals surface area contributed by atoms with Crippen LogP contribution in [0.2, 0.25) is 5.02 Å². The SMILES string of the molecule is CCNC(=NCCc1ccc(OC)cc1Cl)NC1CCN(c2ncccc2F)C1. The molecular formula is C21H27ClFN5O. The highest BCUT2D eigenvalue weighted by atomic mass is 35.5. The Labute approximate surface area is 176 Å². The zero-order chi connectivity index (χ0) is 20.6. The first-order valence-electron chi connectivity index (χ1n) is 9.83. The van der Waals surface area contributed by atoms with Crippen LogP contribution >= 0.6 is 11.6 Å². The summed E-state index contributed by atoms with van der Waals surface area (Å²) in [5.74, 6) is 1.62. The molecule has 0 spiro atoms. The van der Waals surface area contributed by atoms with Crippen LogP contribution in [0.4, 0.5) is 10.2 Å². The summed E-state index contributed by atoms with van der Waals surface area (Å²) in [7, 11) is 1.62. The van der Waals surface area contributed by atoms with E-state index in [2.05, 4.69) is 20.6 Å². The van der Waals surface area contributed by atoms with Crippen molar-refractivity contribution in [1.82, 2.24) is 15.6 Å². The molecule has 3 rings (SSSR count). The minimum atomic E-state index is -0.287. The molecular weight excluding hydrogens is 393 g/mol. The third-order valence-corrected chi connectivity index (χ3v) is 5.18. The highest BCUT2D eigenvalue weighted by Crippen LogP contribution is 2.23. The molecule has 1 aromatic heterocycles. The molecule has 2 N–H and O–H groups in total. The van der Waals surface area contributed by atoms with Gasteiger partial charge in [0.05, 0.1) is 7.11 Å². The first kappa shape index (κ1) is 21.2. The summed E-state index contributed by atoms with van der Waals surface area (Å²) in [6.07, 6.45) is 3.25. The highest BCUT2D eigenvalue weighted by molar-refractivity contribution is 6.31. The van der Waals surface area contributed by atoms with E-state index in [-0.39, 0.29) is 11.9 Å². The molecule has 0 amide bonds. The molecule has 1 fully saturated rings. The Kier molecular flexibility index (Phi) is 7.52. The topological polar surface area (TPSA) is 61.8 Å². The lowest BCUT2D eigenvalue weighted by atomic mass is 10.1. The zero-order valence-corrected chi connectivity index (χ0v) is 17.5. The van der Waals surface area contributed by atoms with Gasteiger partial charge in [-0.25, -0.2) is 9.37 Å². The third-order valence-electron chi connectivity index (χ3n) is 4.82. The van der Waals surface area contributed by atoms with Gasteiger partial charge in [-0.05, 0) is 49.6 Å². The number of aliphatic imine (C=N–C) groups is 1. The number of rotatable bonds is 7. The van der Waals surface area contributed by atoms with Crippen LogP contribution in [0.3, 0.4) is 0 Å². The van der Waals surface area contributed by atoms with Gasteiger partial charge in [0, 0.05) is 43.4 Å². The quantitative estimate of drug-likeness (QED) is 0.532. The van der Waals surface area contributed by atoms with Crippen molar-refractivity contribution in [1.29, 1.82) is 0 Å². The maximum atomic E-state index is 14.0. The first-order chi connectivity index (χ1) is 14.1. The minimum absolute atomic E-state index is 0.179. The van der Waals surface area contributed by atoms with Crippen molar-refractivity contribution in [3.05, 3.63) is 52.9 Å². The monoisotopic (exact) mass is 419 g/mol. The summed E-state index contributed by atoms with van der Waals surface area (Å²) in [6, 6.07) is 8.91. The van der Waals surface area contributed by atoms with Crippen molar-refractivity contribution in [2.24, 2.45) is 4.99 Å². The number of hydrogen-bond acceptors (Lipinski definition) is 4. The van der Waals surface area contributed by atoms with Gasteiger partial charge in [0.1, 0.15) is 5.75 Å². The van der Waals surface area contributed by atoms with Crippen molar-refractivity contribution >= 4 is 23.4 Å². The molecule has 1 atom stereocenters. The van der Waals surface area contributed by atoms with E-state index in [1.807, 2.05) is 30.0 Å². The Morgan fingerprint density at radius 1 is 1.41 bits per heavy atom. The van der Waals surface area contributed by atoms with E-state index in [1.165, 1.54) is 6.07 Å². The molecule has 1 aliphatic rings. The zero-order valence-electron chi connectivity index (χ0n) is 16.8. The van der Waals surface area contributed by atoms with E-state index >= 15 is 0 Å². The predicted octanol–water partition coefficient (Wildman–Crippen LogP) is 3.26. The summed E-state index contributed by atoms with van der Waals surface area (Å²) in [4.78, 5) is 10.8. The van der Waals surface area contributed by atoms with E-state index in [4.69, 9.17) is 16.3 Å². The second-order valence-corrected chi connectivity index (χ2v) is 7.26. The van der Waals surface area contributed by atoms with Crippen molar-refractivity contribution < 1.29 is 9.13 Å². The van der Waals surface area contributed by atoms with Crippen LogP contribution in [0.15, 0.2) is 41.5 Å². The van der Waals surface area contributed by atoms with Gasteiger partial charge < -0.3 is 20.3 Å². The van der Waals surface area contributed by atoms with Crippen molar-refractivity contribution in [2.75, 3.05) is 38.2 Å². The van der Waals surface area contributed by atoms with E-state index in [0.29, 0.717) is 23.9 Å². The molecule has 0 bridgehead atoms. The van der Waals surface area contributed by atoms with Crippen molar-refractivity contribution in [3.63, 3.8) is 0 Å². The van der Waals surface area contributed by atoms with E-state index in [9.17, 15) is 4.39 Å². The van der Waals surface area contributed by atoms with Gasteiger partial charge in [0.2, 0.25) is 0 Å². The number of aromatic nitrogens is 1. The first-order valence-corrected chi connectivity index (χ1v) is 10.2. The number of guanidine groups is 1. The lowest BCUT2D eigenvalue weighted by Crippen LogP contribution is -2.44. The van der Waals surface area contributed by atoms with Gasteiger partial charge in [-0.2, -0.15) is 0 Å². The molecule has 1 saturated heterocycles. The Morgan fingerprint density at radius 3 is 3.00 bits per heavy atom. The Morgan fingerprint density at radius 2 is 2.28 bits per heavy atom. The van der Waals surface area contributed by atoms with E-state index in [0.717, 1.165) is 43.2 Å². The fraction of sp³-hybridized carbons (Fsp3) is 0.429. The van der Waals surface area contributed by atoms with Gasteiger partial charge in [-0.3, -0.25) is 4.99 Å². The van der Waals surface area contributed by atoms with Gasteiger partial charge in [-0.15, -0.1) is 0 Å². The molecule has 1 aromatic carbocycles. The number of nitrogens with zero attached hydrogens (tertiary/aromatic N) is 3. The lowest BCUT2D eigenvalue weighted by molar-refractivity contribution is 0.414. The predicted molar refractivity (Wildman–Crippen MR) is 116 cm³/mol. The molecule has 1 unspecified atom stereocenters. The molecule has 0 saturated carbocycles. The number of halogens is 2. The summed E-state index contributed by atoms with van der Waals surface area (Å²) in [5, 5.41) is 7.40. The third kappa shape index (κ3) is 5.73. The minimum Gasteiger partial charge on any atom is -0.497 e. The molecule has 2 aromatic rings. The number of methoxy groups -OCH3 is 1. The molecule has 0 radical (unpaired) electrons. The van der Waals surface area contributed by atoms with Crippen LogP contribution in [0, 0.1) is 5.82 Å². The average Bonchev–Trinajstić information content (AvgIpc) is 3.17. The molecule has 0 aliphatic carbocycles. The van der Waals surface area contributed by atoms with Crippen LogP contribution < -0.4 is 20.3 Å². The van der Waals surface area contributed by atoms with Gasteiger partial charge in [0.15, 0.2) is 17.6 Å². The Balaban J connectivity index is 1.56. The normalized spacial score (nSPS) is 16.8. The molecule has 6 nitrogen and oxygen atoms in total. The van der Waals surface area contributed by atoms with Crippen LogP contribution in [0.5, 0.6) is 5.75 Å². The number of ether oxygens (including phenoxy) is 1. The lowest BCUT2D eigenvalue weighted by Gasteiger charge is -2.20. The Hall–Kier alpha value is -2.54. The summed E-state index contributed by atoms with van der Waals surface area (Å²) in [5.41, 5.74) is 1.03. The van der Waals surface area contributed by atoms with Crippen LogP contribution in [-0.4, -0.2) is 50.3 Å². The fourth-order valence-electron chi connectivity index (χ4n) is 3.34. The van der Waals surface area contributed by atoms with Crippen LogP contribution in [0.25, 0.3) is 0 Å². The van der Waals surface area contributed by atoms with Gasteiger partial charge in [-0.1, -0.05) is 17.7 Å². The largest absolute Gasteiger partial charge is 0.497 e. The van der Waals surface area contributed by atoms with Gasteiger partial charge >= 0.3 is 0 Å². The number of nitrogens with one attached hydrogen (secondary N) is 2. The standard InChI is InChI=1S/C21H27ClFN5O/c1-3-24-21(26-11-8-15-6-7-17(29-2)13-18(15)22)27-16-9-12-28(14-16)20-19(23)5-4-10-25-20/h4-7,10,13,16H,3,8-9,11-12,14H2,1-2H3,(H2,24,26,27). The highest BCUT2D eigenvalue weighted by Gasteiger charge is 2.25.